The van der Waals surface area contributed by atoms with Crippen LogP contribution in [0.15, 0.2) is 48.5 Å². The van der Waals surface area contributed by atoms with E-state index in [1.807, 2.05) is 24.3 Å². The molecule has 100 valence electrons. The molecule has 0 spiro atoms. The number of halogens is 3. The minimum atomic E-state index is 0.289. The molecule has 0 N–H and O–H groups in total. The highest BCUT2D eigenvalue weighted by Gasteiger charge is 2.11. The first-order valence-electron chi connectivity index (χ1n) is 5.78. The molecule has 3 aromatic rings. The molecule has 6 heteroatoms. The third-order valence-electron chi connectivity index (χ3n) is 2.74. The molecule has 0 unspecified atom stereocenters. The van der Waals surface area contributed by atoms with E-state index in [0.717, 1.165) is 11.3 Å². The zero-order chi connectivity index (χ0) is 14.1. The Kier molecular flexibility index (Phi) is 3.66. The summed E-state index contributed by atoms with van der Waals surface area (Å²) < 4.78 is 1.56. The molecule has 0 fully saturated rings. The fourth-order valence-electron chi connectivity index (χ4n) is 1.76. The van der Waals surface area contributed by atoms with Crippen LogP contribution in [-0.4, -0.2) is 14.8 Å². The van der Waals surface area contributed by atoms with Gasteiger partial charge in [-0.25, -0.2) is 4.68 Å². The molecule has 3 rings (SSSR count). The van der Waals surface area contributed by atoms with Crippen molar-refractivity contribution in [2.75, 3.05) is 0 Å². The summed E-state index contributed by atoms with van der Waals surface area (Å²) >= 11 is 17.9. The number of nitrogens with zero attached hydrogens (tertiary/aromatic N) is 3. The van der Waals surface area contributed by atoms with Gasteiger partial charge < -0.3 is 0 Å². The lowest BCUT2D eigenvalue weighted by Gasteiger charge is -2.01. The predicted octanol–water partition coefficient (Wildman–Crippen LogP) is 4.89. The molecule has 1 heterocycles. The molecule has 0 aliphatic carbocycles. The Morgan fingerprint density at radius 2 is 1.30 bits per heavy atom. The molecule has 0 radical (unpaired) electrons. The van der Waals surface area contributed by atoms with Crippen LogP contribution in [0.1, 0.15) is 0 Å². The average Bonchev–Trinajstić information content (AvgIpc) is 2.82. The highest BCUT2D eigenvalue weighted by molar-refractivity contribution is 6.31. The second-order valence-corrected chi connectivity index (χ2v) is 5.31. The lowest BCUT2D eigenvalue weighted by molar-refractivity contribution is 0.883. The molecular formula is C14H8Cl3N3. The third-order valence-corrected chi connectivity index (χ3v) is 3.49. The van der Waals surface area contributed by atoms with Gasteiger partial charge in [0.1, 0.15) is 0 Å². The Balaban J connectivity index is 2.02. The molecule has 0 amide bonds. The van der Waals surface area contributed by atoms with Gasteiger partial charge in [0.15, 0.2) is 5.82 Å². The van der Waals surface area contributed by atoms with Crippen LogP contribution in [0.4, 0.5) is 0 Å². The molecule has 0 atom stereocenters. The fourth-order valence-corrected chi connectivity index (χ4v) is 2.23. The molecule has 0 bridgehead atoms. The van der Waals surface area contributed by atoms with Crippen LogP contribution in [0.5, 0.6) is 0 Å². The van der Waals surface area contributed by atoms with Crippen LogP contribution in [0.2, 0.25) is 15.3 Å². The summed E-state index contributed by atoms with van der Waals surface area (Å²) in [5, 5.41) is 6.01. The van der Waals surface area contributed by atoms with Crippen LogP contribution in [0.3, 0.4) is 0 Å². The minimum Gasteiger partial charge on any atom is -0.203 e. The molecular weight excluding hydrogens is 317 g/mol. The fraction of sp³-hybridized carbons (Fsp3) is 0. The van der Waals surface area contributed by atoms with Crippen molar-refractivity contribution in [3.8, 4) is 17.1 Å². The van der Waals surface area contributed by atoms with E-state index in [2.05, 4.69) is 10.1 Å². The molecule has 20 heavy (non-hydrogen) atoms. The van der Waals surface area contributed by atoms with Crippen LogP contribution in [-0.2, 0) is 0 Å². The molecule has 0 saturated carbocycles. The first-order chi connectivity index (χ1) is 9.63. The summed E-state index contributed by atoms with van der Waals surface area (Å²) in [6, 6.07) is 14.5. The van der Waals surface area contributed by atoms with Gasteiger partial charge in [0.2, 0.25) is 5.28 Å². The van der Waals surface area contributed by atoms with E-state index in [1.54, 1.807) is 28.9 Å². The molecule has 0 saturated heterocycles. The van der Waals surface area contributed by atoms with Crippen molar-refractivity contribution >= 4 is 34.8 Å². The smallest absolute Gasteiger partial charge is 0.203 e. The summed E-state index contributed by atoms with van der Waals surface area (Å²) in [5.74, 6) is 0.543. The third kappa shape index (κ3) is 2.66. The molecule has 2 aromatic carbocycles. The van der Waals surface area contributed by atoms with Gasteiger partial charge in [0.25, 0.3) is 0 Å². The van der Waals surface area contributed by atoms with Crippen molar-refractivity contribution in [1.29, 1.82) is 0 Å². The van der Waals surface area contributed by atoms with Crippen molar-refractivity contribution in [1.82, 2.24) is 14.8 Å². The Hall–Kier alpha value is -1.55. The highest BCUT2D eigenvalue weighted by atomic mass is 35.5. The second kappa shape index (κ2) is 5.44. The first-order valence-corrected chi connectivity index (χ1v) is 6.91. The van der Waals surface area contributed by atoms with Crippen molar-refractivity contribution in [2.24, 2.45) is 0 Å². The predicted molar refractivity (Wildman–Crippen MR) is 81.8 cm³/mol. The van der Waals surface area contributed by atoms with E-state index in [4.69, 9.17) is 34.8 Å². The van der Waals surface area contributed by atoms with E-state index < -0.39 is 0 Å². The van der Waals surface area contributed by atoms with Crippen molar-refractivity contribution in [3.63, 3.8) is 0 Å². The SMILES string of the molecule is Clc1ccc(-c2nc(Cl)n(-c3ccc(Cl)cc3)n2)cc1. The first kappa shape index (κ1) is 13.4. The van der Waals surface area contributed by atoms with E-state index >= 15 is 0 Å². The van der Waals surface area contributed by atoms with Crippen molar-refractivity contribution in [3.05, 3.63) is 63.9 Å². The quantitative estimate of drug-likeness (QED) is 0.671. The average molecular weight is 325 g/mol. The molecule has 1 aromatic heterocycles. The van der Waals surface area contributed by atoms with Gasteiger partial charge in [-0.2, -0.15) is 4.98 Å². The zero-order valence-electron chi connectivity index (χ0n) is 10.1. The molecule has 3 nitrogen and oxygen atoms in total. The maximum atomic E-state index is 6.13. The van der Waals surface area contributed by atoms with Crippen molar-refractivity contribution < 1.29 is 0 Å². The van der Waals surface area contributed by atoms with Gasteiger partial charge in [-0.3, -0.25) is 0 Å². The highest BCUT2D eigenvalue weighted by Crippen LogP contribution is 2.23. The topological polar surface area (TPSA) is 30.7 Å². The lowest BCUT2D eigenvalue weighted by Crippen LogP contribution is -1.96. The van der Waals surface area contributed by atoms with Gasteiger partial charge in [-0.1, -0.05) is 23.2 Å². The summed E-state index contributed by atoms with van der Waals surface area (Å²) in [7, 11) is 0. The summed E-state index contributed by atoms with van der Waals surface area (Å²) in [6.07, 6.45) is 0. The number of rotatable bonds is 2. The molecule has 0 aliphatic rings. The Labute approximate surface area is 130 Å². The summed E-state index contributed by atoms with van der Waals surface area (Å²) in [4.78, 5) is 4.25. The normalized spacial score (nSPS) is 10.8. The van der Waals surface area contributed by atoms with Gasteiger partial charge in [-0.05, 0) is 60.1 Å². The number of benzene rings is 2. The van der Waals surface area contributed by atoms with Crippen LogP contribution in [0.25, 0.3) is 17.1 Å². The van der Waals surface area contributed by atoms with Gasteiger partial charge in [0.05, 0.1) is 5.69 Å². The standard InChI is InChI=1S/C14H8Cl3N3/c15-10-3-1-9(2-4-10)13-18-14(17)20(19-13)12-7-5-11(16)6-8-12/h1-8H. The summed E-state index contributed by atoms with van der Waals surface area (Å²) in [5.41, 5.74) is 1.65. The number of hydrogen-bond donors (Lipinski definition) is 0. The number of hydrogen-bond acceptors (Lipinski definition) is 2. The number of aromatic nitrogens is 3. The van der Waals surface area contributed by atoms with Crippen LogP contribution >= 0.6 is 34.8 Å². The Bertz CT molecular complexity index is 733. The summed E-state index contributed by atoms with van der Waals surface area (Å²) in [6.45, 7) is 0. The maximum Gasteiger partial charge on any atom is 0.226 e. The van der Waals surface area contributed by atoms with E-state index in [-0.39, 0.29) is 5.28 Å². The Morgan fingerprint density at radius 3 is 1.90 bits per heavy atom. The van der Waals surface area contributed by atoms with Gasteiger partial charge in [0, 0.05) is 15.6 Å². The van der Waals surface area contributed by atoms with Crippen LogP contribution < -0.4 is 0 Å². The van der Waals surface area contributed by atoms with E-state index in [0.29, 0.717) is 15.9 Å². The monoisotopic (exact) mass is 323 g/mol. The lowest BCUT2D eigenvalue weighted by atomic mass is 10.2. The van der Waals surface area contributed by atoms with Crippen molar-refractivity contribution in [2.45, 2.75) is 0 Å². The second-order valence-electron chi connectivity index (χ2n) is 4.10. The zero-order valence-corrected chi connectivity index (χ0v) is 12.4. The largest absolute Gasteiger partial charge is 0.226 e. The molecule has 0 aliphatic heterocycles. The maximum absolute atomic E-state index is 6.13. The Morgan fingerprint density at radius 1 is 0.750 bits per heavy atom. The van der Waals surface area contributed by atoms with E-state index in [9.17, 15) is 0 Å². The van der Waals surface area contributed by atoms with Crippen LogP contribution in [0, 0.1) is 0 Å². The van der Waals surface area contributed by atoms with E-state index in [1.165, 1.54) is 0 Å². The van der Waals surface area contributed by atoms with Gasteiger partial charge in [-0.15, -0.1) is 5.10 Å². The minimum absolute atomic E-state index is 0.289. The van der Waals surface area contributed by atoms with Gasteiger partial charge >= 0.3 is 0 Å².